The van der Waals surface area contributed by atoms with Crippen molar-refractivity contribution in [2.24, 2.45) is 11.8 Å². The molecule has 28 heavy (non-hydrogen) atoms. The number of likely N-dealkylation sites (tertiary alicyclic amines) is 1. The van der Waals surface area contributed by atoms with Crippen LogP contribution in [0, 0.1) is 17.7 Å². The third-order valence-corrected chi connectivity index (χ3v) is 7.61. The van der Waals surface area contributed by atoms with Gasteiger partial charge in [-0.2, -0.15) is 4.31 Å². The molecule has 2 aliphatic heterocycles. The number of piperazine rings is 1. The van der Waals surface area contributed by atoms with Crippen molar-refractivity contribution in [1.29, 1.82) is 0 Å². The normalized spacial score (nSPS) is 25.1. The molecule has 0 spiro atoms. The maximum absolute atomic E-state index is 13.3. The van der Waals surface area contributed by atoms with Crippen LogP contribution in [-0.4, -0.2) is 74.2 Å². The van der Waals surface area contributed by atoms with Crippen molar-refractivity contribution in [3.8, 4) is 0 Å². The number of rotatable bonds is 4. The van der Waals surface area contributed by atoms with Crippen LogP contribution in [0.25, 0.3) is 0 Å². The van der Waals surface area contributed by atoms with Gasteiger partial charge in [-0.05, 0) is 36.5 Å². The van der Waals surface area contributed by atoms with E-state index in [4.69, 9.17) is 11.6 Å². The maximum atomic E-state index is 13.3. The topological polar surface area (TPSA) is 60.9 Å². The zero-order chi connectivity index (χ0) is 20.5. The second-order valence-corrected chi connectivity index (χ2v) is 10.3. The summed E-state index contributed by atoms with van der Waals surface area (Å²) in [5.74, 6) is 0.558. The first-order valence-corrected chi connectivity index (χ1v) is 11.4. The van der Waals surface area contributed by atoms with E-state index in [0.717, 1.165) is 25.2 Å². The van der Waals surface area contributed by atoms with Crippen molar-refractivity contribution in [1.82, 2.24) is 14.1 Å². The molecule has 0 radical (unpaired) electrons. The summed E-state index contributed by atoms with van der Waals surface area (Å²) < 4.78 is 40.1. The Bertz CT molecular complexity index is 818. The third-order valence-electron chi connectivity index (χ3n) is 5.42. The van der Waals surface area contributed by atoms with E-state index in [1.165, 1.54) is 16.8 Å². The van der Waals surface area contributed by atoms with E-state index < -0.39 is 15.8 Å². The lowest BCUT2D eigenvalue weighted by molar-refractivity contribution is -0.134. The summed E-state index contributed by atoms with van der Waals surface area (Å²) >= 11 is 5.72. The van der Waals surface area contributed by atoms with E-state index >= 15 is 0 Å². The van der Waals surface area contributed by atoms with Gasteiger partial charge in [0.1, 0.15) is 5.82 Å². The molecule has 1 aromatic rings. The molecule has 0 aromatic heterocycles. The van der Waals surface area contributed by atoms with Crippen LogP contribution < -0.4 is 0 Å². The van der Waals surface area contributed by atoms with Crippen molar-refractivity contribution >= 4 is 27.5 Å². The van der Waals surface area contributed by atoms with Gasteiger partial charge in [-0.1, -0.05) is 25.4 Å². The molecule has 3 rings (SSSR count). The molecule has 0 saturated carbocycles. The Labute approximate surface area is 171 Å². The minimum absolute atomic E-state index is 0.0324. The lowest BCUT2D eigenvalue weighted by Crippen LogP contribution is -2.53. The lowest BCUT2D eigenvalue weighted by atomic mass is 9.92. The molecule has 0 bridgehead atoms. The Hall–Kier alpha value is -1.22. The Kier molecular flexibility index (Phi) is 6.64. The van der Waals surface area contributed by atoms with Crippen LogP contribution in [0.2, 0.25) is 5.02 Å². The van der Waals surface area contributed by atoms with Gasteiger partial charge in [-0.15, -0.1) is 0 Å². The highest BCUT2D eigenvalue weighted by Gasteiger charge is 2.31. The highest BCUT2D eigenvalue weighted by atomic mass is 35.5. The molecule has 0 aliphatic carbocycles. The van der Waals surface area contributed by atoms with Gasteiger partial charge in [0.2, 0.25) is 15.9 Å². The maximum Gasteiger partial charge on any atom is 0.243 e. The number of amides is 1. The largest absolute Gasteiger partial charge is 0.339 e. The zero-order valence-electron chi connectivity index (χ0n) is 16.3. The molecule has 2 aliphatic rings. The Morgan fingerprint density at radius 3 is 2.32 bits per heavy atom. The molecular formula is C19H27ClFN3O3S. The first-order valence-electron chi connectivity index (χ1n) is 9.62. The number of sulfonamides is 1. The van der Waals surface area contributed by atoms with Crippen molar-refractivity contribution in [3.05, 3.63) is 29.0 Å². The number of nitrogens with zero attached hydrogens (tertiary/aromatic N) is 3. The lowest BCUT2D eigenvalue weighted by Gasteiger charge is -2.38. The van der Waals surface area contributed by atoms with Gasteiger partial charge in [0.25, 0.3) is 0 Å². The molecule has 9 heteroatoms. The molecule has 2 saturated heterocycles. The van der Waals surface area contributed by atoms with Gasteiger partial charge in [0.15, 0.2) is 0 Å². The van der Waals surface area contributed by atoms with Crippen LogP contribution in [0.3, 0.4) is 0 Å². The third kappa shape index (κ3) is 4.84. The average Bonchev–Trinajstić information content (AvgIpc) is 2.63. The minimum Gasteiger partial charge on any atom is -0.339 e. The molecular weight excluding hydrogens is 405 g/mol. The fourth-order valence-electron chi connectivity index (χ4n) is 4.18. The van der Waals surface area contributed by atoms with E-state index in [2.05, 4.69) is 18.7 Å². The standard InChI is InChI=1S/C19H27ClFN3O3S/c1-14-9-15(2)12-22(11-14)13-19(25)23-5-7-24(8-6-23)28(26,27)16-3-4-18(21)17(20)10-16/h3-4,10,14-15H,5-9,11-13H2,1-2H3/t14-,15+. The van der Waals surface area contributed by atoms with Crippen molar-refractivity contribution in [2.45, 2.75) is 25.2 Å². The molecule has 2 atom stereocenters. The zero-order valence-corrected chi connectivity index (χ0v) is 17.8. The molecule has 0 unspecified atom stereocenters. The fraction of sp³-hybridized carbons (Fsp3) is 0.632. The SMILES string of the molecule is C[C@@H]1C[C@H](C)CN(CC(=O)N2CCN(S(=O)(=O)c3ccc(F)c(Cl)c3)CC2)C1. The second-order valence-electron chi connectivity index (χ2n) is 8.00. The van der Waals surface area contributed by atoms with Gasteiger partial charge in [0.05, 0.1) is 16.5 Å². The van der Waals surface area contributed by atoms with Crippen LogP contribution in [0.4, 0.5) is 4.39 Å². The summed E-state index contributed by atoms with van der Waals surface area (Å²) in [4.78, 5) is 16.5. The number of hydrogen-bond donors (Lipinski definition) is 0. The van der Waals surface area contributed by atoms with Gasteiger partial charge in [0, 0.05) is 39.3 Å². The van der Waals surface area contributed by atoms with Crippen LogP contribution in [0.15, 0.2) is 23.1 Å². The van der Waals surface area contributed by atoms with Gasteiger partial charge in [-0.3, -0.25) is 9.69 Å². The van der Waals surface area contributed by atoms with Crippen molar-refractivity contribution in [3.63, 3.8) is 0 Å². The summed E-state index contributed by atoms with van der Waals surface area (Å²) in [6.07, 6.45) is 1.19. The molecule has 2 heterocycles. The molecule has 1 aromatic carbocycles. The average molecular weight is 432 g/mol. The van der Waals surface area contributed by atoms with Crippen molar-refractivity contribution in [2.75, 3.05) is 45.8 Å². The quantitative estimate of drug-likeness (QED) is 0.733. The number of benzene rings is 1. The number of carbonyl (C=O) groups is 1. The van der Waals surface area contributed by atoms with Crippen LogP contribution in [0.5, 0.6) is 0 Å². The van der Waals surface area contributed by atoms with Crippen LogP contribution in [-0.2, 0) is 14.8 Å². The Morgan fingerprint density at radius 1 is 1.14 bits per heavy atom. The van der Waals surface area contributed by atoms with E-state index in [1.807, 2.05) is 0 Å². The molecule has 0 N–H and O–H groups in total. The predicted octanol–water partition coefficient (Wildman–Crippen LogP) is 2.29. The summed E-state index contributed by atoms with van der Waals surface area (Å²) in [5.41, 5.74) is 0. The summed E-state index contributed by atoms with van der Waals surface area (Å²) in [6.45, 7) is 7.79. The van der Waals surface area contributed by atoms with Crippen molar-refractivity contribution < 1.29 is 17.6 Å². The predicted molar refractivity (Wildman–Crippen MR) is 106 cm³/mol. The Morgan fingerprint density at radius 2 is 1.75 bits per heavy atom. The van der Waals surface area contributed by atoms with E-state index in [-0.39, 0.29) is 28.9 Å². The molecule has 2 fully saturated rings. The fourth-order valence-corrected chi connectivity index (χ4v) is 5.87. The van der Waals surface area contributed by atoms with E-state index in [0.29, 0.717) is 31.5 Å². The number of hydrogen-bond acceptors (Lipinski definition) is 4. The summed E-state index contributed by atoms with van der Waals surface area (Å²) in [6, 6.07) is 3.39. The highest BCUT2D eigenvalue weighted by Crippen LogP contribution is 2.24. The van der Waals surface area contributed by atoms with Gasteiger partial charge >= 0.3 is 0 Å². The molecule has 6 nitrogen and oxygen atoms in total. The monoisotopic (exact) mass is 431 g/mol. The molecule has 156 valence electrons. The van der Waals surface area contributed by atoms with Crippen LogP contribution >= 0.6 is 11.6 Å². The minimum atomic E-state index is -3.76. The smallest absolute Gasteiger partial charge is 0.243 e. The first-order chi connectivity index (χ1) is 13.2. The van der Waals surface area contributed by atoms with E-state index in [1.54, 1.807) is 4.90 Å². The summed E-state index contributed by atoms with van der Waals surface area (Å²) in [5, 5.41) is -0.222. The van der Waals surface area contributed by atoms with Gasteiger partial charge < -0.3 is 4.90 Å². The van der Waals surface area contributed by atoms with Gasteiger partial charge in [-0.25, -0.2) is 12.8 Å². The number of halogens is 2. The number of piperidine rings is 1. The Balaban J connectivity index is 1.57. The first kappa shape index (κ1) is 21.5. The van der Waals surface area contributed by atoms with E-state index in [9.17, 15) is 17.6 Å². The summed E-state index contributed by atoms with van der Waals surface area (Å²) in [7, 11) is -3.76. The van der Waals surface area contributed by atoms with Crippen LogP contribution in [0.1, 0.15) is 20.3 Å². The highest BCUT2D eigenvalue weighted by molar-refractivity contribution is 7.89. The molecule has 1 amide bonds. The second kappa shape index (κ2) is 8.65. The number of carbonyl (C=O) groups excluding carboxylic acids is 1.